The molecule has 1 rings (SSSR count). The zero-order valence-electron chi connectivity index (χ0n) is 10.6. The lowest BCUT2D eigenvalue weighted by Gasteiger charge is -2.14. The monoisotopic (exact) mass is 287 g/mol. The van der Waals surface area contributed by atoms with Crippen molar-refractivity contribution in [2.24, 2.45) is 0 Å². The van der Waals surface area contributed by atoms with Crippen molar-refractivity contribution in [2.45, 2.75) is 26.3 Å². The molecule has 0 saturated carbocycles. The van der Waals surface area contributed by atoms with Gasteiger partial charge >= 0.3 is 0 Å². The normalized spacial score (nSPS) is 12.2. The second-order valence-electron chi connectivity index (χ2n) is 4.02. The highest BCUT2D eigenvalue weighted by Gasteiger charge is 2.13. The topological polar surface area (TPSA) is 49.3 Å². The lowest BCUT2D eigenvalue weighted by molar-refractivity contribution is 0.0937. The molecule has 1 atom stereocenters. The van der Waals surface area contributed by atoms with Crippen LogP contribution < -0.4 is 5.32 Å². The van der Waals surface area contributed by atoms with Crippen molar-refractivity contribution in [1.29, 1.82) is 0 Å². The van der Waals surface area contributed by atoms with Gasteiger partial charge in [-0.05, 0) is 43.0 Å². The van der Waals surface area contributed by atoms with E-state index in [9.17, 15) is 9.90 Å². The Balaban J connectivity index is 2.54. The zero-order chi connectivity index (χ0) is 13.5. The Morgan fingerprint density at radius 2 is 2.28 bits per heavy atom. The fourth-order valence-electron chi connectivity index (χ4n) is 1.47. The molecule has 2 N–H and O–H groups in total. The number of phenols is 1. The van der Waals surface area contributed by atoms with Gasteiger partial charge in [0.15, 0.2) is 0 Å². The van der Waals surface area contributed by atoms with E-state index < -0.39 is 0 Å². The van der Waals surface area contributed by atoms with Gasteiger partial charge in [0.1, 0.15) is 5.75 Å². The summed E-state index contributed by atoms with van der Waals surface area (Å²) in [7, 11) is 0. The molecule has 0 aliphatic rings. The van der Waals surface area contributed by atoms with Gasteiger partial charge < -0.3 is 10.4 Å². The van der Waals surface area contributed by atoms with Crippen LogP contribution in [0.3, 0.4) is 0 Å². The van der Waals surface area contributed by atoms with Crippen molar-refractivity contribution in [2.75, 3.05) is 11.5 Å². The van der Waals surface area contributed by atoms with Gasteiger partial charge in [-0.25, -0.2) is 0 Å². The number of hydrogen-bond acceptors (Lipinski definition) is 3. The second-order valence-corrected chi connectivity index (χ2v) is 5.85. The van der Waals surface area contributed by atoms with E-state index in [1.54, 1.807) is 6.07 Å². The number of thioether (sulfide) groups is 1. The summed E-state index contributed by atoms with van der Waals surface area (Å²) in [5.41, 5.74) is 0.259. The number of amides is 1. The lowest BCUT2D eigenvalue weighted by Crippen LogP contribution is -2.33. The van der Waals surface area contributed by atoms with Gasteiger partial charge in [0.25, 0.3) is 5.91 Å². The number of nitrogens with one attached hydrogen (secondary N) is 1. The van der Waals surface area contributed by atoms with E-state index in [1.807, 2.05) is 18.7 Å². The standard InChI is InChI=1S/C13H18ClNO2S/c1-3-18-7-6-9(2)15-13(17)11-5-4-10(14)8-12(11)16/h4-5,8-9,16H,3,6-7H2,1-2H3,(H,15,17). The van der Waals surface area contributed by atoms with Gasteiger partial charge in [-0.3, -0.25) is 4.79 Å². The van der Waals surface area contributed by atoms with Crippen LogP contribution in [0.5, 0.6) is 5.75 Å². The number of phenolic OH excluding ortho intramolecular Hbond substituents is 1. The minimum Gasteiger partial charge on any atom is -0.507 e. The van der Waals surface area contributed by atoms with E-state index in [0.29, 0.717) is 5.02 Å². The highest BCUT2D eigenvalue weighted by molar-refractivity contribution is 7.99. The SMILES string of the molecule is CCSCCC(C)NC(=O)c1ccc(Cl)cc1O. The fourth-order valence-corrected chi connectivity index (χ4v) is 2.45. The molecular weight excluding hydrogens is 270 g/mol. The third kappa shape index (κ3) is 4.78. The molecular formula is C13H18ClNO2S. The number of carbonyl (C=O) groups excluding carboxylic acids is 1. The first-order valence-corrected chi connectivity index (χ1v) is 7.45. The van der Waals surface area contributed by atoms with Crippen molar-refractivity contribution in [3.05, 3.63) is 28.8 Å². The molecule has 100 valence electrons. The molecule has 3 nitrogen and oxygen atoms in total. The summed E-state index contributed by atoms with van der Waals surface area (Å²) >= 11 is 7.56. The maximum Gasteiger partial charge on any atom is 0.255 e. The first kappa shape index (κ1) is 15.2. The highest BCUT2D eigenvalue weighted by Crippen LogP contribution is 2.21. The summed E-state index contributed by atoms with van der Waals surface area (Å²) in [6, 6.07) is 4.58. The maximum absolute atomic E-state index is 11.9. The molecule has 0 radical (unpaired) electrons. The van der Waals surface area contributed by atoms with Crippen LogP contribution in [0, 0.1) is 0 Å². The molecule has 0 fully saturated rings. The van der Waals surface area contributed by atoms with Crippen LogP contribution in [0.4, 0.5) is 0 Å². The Kier molecular flexibility index (Phi) is 6.36. The van der Waals surface area contributed by atoms with Crippen LogP contribution >= 0.6 is 23.4 Å². The Hall–Kier alpha value is -0.870. The first-order valence-electron chi connectivity index (χ1n) is 5.91. The largest absolute Gasteiger partial charge is 0.507 e. The maximum atomic E-state index is 11.9. The summed E-state index contributed by atoms with van der Waals surface area (Å²) in [4.78, 5) is 11.9. The number of hydrogen-bond donors (Lipinski definition) is 2. The Bertz CT molecular complexity index is 412. The second kappa shape index (κ2) is 7.54. The van der Waals surface area contributed by atoms with Crippen LogP contribution in [0.1, 0.15) is 30.6 Å². The number of rotatable bonds is 6. The Labute approximate surface area is 117 Å². The number of halogens is 1. The van der Waals surface area contributed by atoms with Crippen molar-refractivity contribution in [3.8, 4) is 5.75 Å². The quantitative estimate of drug-likeness (QED) is 0.789. The average molecular weight is 288 g/mol. The van der Waals surface area contributed by atoms with Gasteiger partial charge in [-0.15, -0.1) is 0 Å². The van der Waals surface area contributed by atoms with E-state index in [4.69, 9.17) is 11.6 Å². The van der Waals surface area contributed by atoms with Crippen molar-refractivity contribution in [1.82, 2.24) is 5.32 Å². The van der Waals surface area contributed by atoms with Gasteiger partial charge in [0, 0.05) is 11.1 Å². The van der Waals surface area contributed by atoms with E-state index in [1.165, 1.54) is 12.1 Å². The molecule has 1 aromatic rings. The highest BCUT2D eigenvalue weighted by atomic mass is 35.5. The molecule has 0 aromatic heterocycles. The van der Waals surface area contributed by atoms with Crippen molar-refractivity contribution >= 4 is 29.3 Å². The molecule has 0 aliphatic heterocycles. The fraction of sp³-hybridized carbons (Fsp3) is 0.462. The predicted molar refractivity (Wildman–Crippen MR) is 77.7 cm³/mol. The Morgan fingerprint density at radius 3 is 2.89 bits per heavy atom. The van der Waals surface area contributed by atoms with Crippen LogP contribution in [0.25, 0.3) is 0 Å². The Morgan fingerprint density at radius 1 is 1.56 bits per heavy atom. The summed E-state index contributed by atoms with van der Waals surface area (Å²) in [6.07, 6.45) is 0.915. The molecule has 0 bridgehead atoms. The van der Waals surface area contributed by atoms with Gasteiger partial charge in [0.05, 0.1) is 5.56 Å². The molecule has 0 heterocycles. The molecule has 5 heteroatoms. The molecule has 1 unspecified atom stereocenters. The van der Waals surface area contributed by atoms with E-state index >= 15 is 0 Å². The predicted octanol–water partition coefficient (Wildman–Crippen LogP) is 3.31. The van der Waals surface area contributed by atoms with Crippen LogP contribution in [0.2, 0.25) is 5.02 Å². The van der Waals surface area contributed by atoms with Gasteiger partial charge in [-0.1, -0.05) is 18.5 Å². The summed E-state index contributed by atoms with van der Waals surface area (Å²) < 4.78 is 0. The average Bonchev–Trinajstić information content (AvgIpc) is 2.28. The van der Waals surface area contributed by atoms with Crippen molar-refractivity contribution in [3.63, 3.8) is 0 Å². The van der Waals surface area contributed by atoms with Gasteiger partial charge in [0.2, 0.25) is 0 Å². The van der Waals surface area contributed by atoms with Crippen LogP contribution in [-0.4, -0.2) is 28.6 Å². The van der Waals surface area contributed by atoms with Crippen LogP contribution in [-0.2, 0) is 0 Å². The number of aromatic hydroxyl groups is 1. The zero-order valence-corrected chi connectivity index (χ0v) is 12.1. The van der Waals surface area contributed by atoms with Gasteiger partial charge in [-0.2, -0.15) is 11.8 Å². The molecule has 0 aliphatic carbocycles. The third-order valence-electron chi connectivity index (χ3n) is 2.48. The molecule has 0 spiro atoms. The lowest BCUT2D eigenvalue weighted by atomic mass is 10.1. The summed E-state index contributed by atoms with van der Waals surface area (Å²) in [5, 5.41) is 12.9. The number of carbonyl (C=O) groups is 1. The summed E-state index contributed by atoms with van der Waals surface area (Å²) in [5.74, 6) is 1.75. The molecule has 1 amide bonds. The smallest absolute Gasteiger partial charge is 0.255 e. The minimum atomic E-state index is -0.266. The molecule has 1 aromatic carbocycles. The van der Waals surface area contributed by atoms with Crippen LogP contribution in [0.15, 0.2) is 18.2 Å². The van der Waals surface area contributed by atoms with E-state index in [2.05, 4.69) is 12.2 Å². The van der Waals surface area contributed by atoms with E-state index in [-0.39, 0.29) is 23.3 Å². The van der Waals surface area contributed by atoms with E-state index in [0.717, 1.165) is 17.9 Å². The minimum absolute atomic E-state index is 0.0878. The number of benzene rings is 1. The molecule has 0 saturated heterocycles. The summed E-state index contributed by atoms with van der Waals surface area (Å²) in [6.45, 7) is 4.07. The molecule has 18 heavy (non-hydrogen) atoms. The third-order valence-corrected chi connectivity index (χ3v) is 3.65. The first-order chi connectivity index (χ1) is 8.54. The van der Waals surface area contributed by atoms with Crippen molar-refractivity contribution < 1.29 is 9.90 Å².